The standard InChI is InChI=1S/C18H26N2O2S/c1-3-13(4-2)17(21)19-7-9-20(10-8-19)18(22)15-12-14(15)16-6-5-11-23-16/h5-6,11,13-15H,3-4,7-10,12H2,1-2H3. The summed E-state index contributed by atoms with van der Waals surface area (Å²) in [6.07, 6.45) is 2.80. The van der Waals surface area contributed by atoms with Gasteiger partial charge >= 0.3 is 0 Å². The van der Waals surface area contributed by atoms with Gasteiger partial charge < -0.3 is 9.80 Å². The third kappa shape index (κ3) is 3.44. The Kier molecular flexibility index (Phi) is 5.05. The molecule has 0 N–H and O–H groups in total. The summed E-state index contributed by atoms with van der Waals surface area (Å²) in [5.74, 6) is 1.31. The summed E-state index contributed by atoms with van der Waals surface area (Å²) in [6.45, 7) is 6.92. The fraction of sp³-hybridized carbons (Fsp3) is 0.667. The number of hydrogen-bond donors (Lipinski definition) is 0. The summed E-state index contributed by atoms with van der Waals surface area (Å²) in [7, 11) is 0. The average molecular weight is 334 g/mol. The van der Waals surface area contributed by atoms with E-state index in [1.165, 1.54) is 4.88 Å². The van der Waals surface area contributed by atoms with E-state index in [-0.39, 0.29) is 23.7 Å². The average Bonchev–Trinajstić information content (AvgIpc) is 3.20. The van der Waals surface area contributed by atoms with Gasteiger partial charge in [-0.25, -0.2) is 0 Å². The molecule has 2 fully saturated rings. The zero-order valence-corrected chi connectivity index (χ0v) is 14.8. The molecule has 0 radical (unpaired) electrons. The molecular weight excluding hydrogens is 308 g/mol. The van der Waals surface area contributed by atoms with Crippen LogP contribution in [0.3, 0.4) is 0 Å². The molecule has 0 spiro atoms. The first-order valence-electron chi connectivity index (χ1n) is 8.76. The van der Waals surface area contributed by atoms with E-state index in [4.69, 9.17) is 0 Å². The summed E-state index contributed by atoms with van der Waals surface area (Å²) in [6, 6.07) is 4.19. The van der Waals surface area contributed by atoms with Crippen LogP contribution in [0.1, 0.15) is 43.9 Å². The van der Waals surface area contributed by atoms with Crippen LogP contribution in [0, 0.1) is 11.8 Å². The summed E-state index contributed by atoms with van der Waals surface area (Å²) in [5.41, 5.74) is 0. The molecule has 2 aliphatic rings. The summed E-state index contributed by atoms with van der Waals surface area (Å²) in [5, 5.41) is 2.08. The molecule has 23 heavy (non-hydrogen) atoms. The number of amides is 2. The lowest BCUT2D eigenvalue weighted by Gasteiger charge is -2.36. The minimum Gasteiger partial charge on any atom is -0.339 e. The number of thiophene rings is 1. The Balaban J connectivity index is 1.50. The van der Waals surface area contributed by atoms with Gasteiger partial charge in [0, 0.05) is 48.8 Å². The van der Waals surface area contributed by atoms with Crippen LogP contribution >= 0.6 is 11.3 Å². The fourth-order valence-electron chi connectivity index (χ4n) is 3.56. The van der Waals surface area contributed by atoms with E-state index in [0.717, 1.165) is 19.3 Å². The Bertz CT molecular complexity index is 545. The van der Waals surface area contributed by atoms with Crippen molar-refractivity contribution in [2.75, 3.05) is 26.2 Å². The van der Waals surface area contributed by atoms with E-state index in [1.54, 1.807) is 11.3 Å². The SMILES string of the molecule is CCC(CC)C(=O)N1CCN(C(=O)C2CC2c2cccs2)CC1. The lowest BCUT2D eigenvalue weighted by Crippen LogP contribution is -2.52. The lowest BCUT2D eigenvalue weighted by molar-refractivity contribution is -0.142. The predicted octanol–water partition coefficient (Wildman–Crippen LogP) is 2.96. The Hall–Kier alpha value is -1.36. The molecule has 4 nitrogen and oxygen atoms in total. The highest BCUT2D eigenvalue weighted by atomic mass is 32.1. The number of piperazine rings is 1. The van der Waals surface area contributed by atoms with Crippen LogP contribution in [-0.4, -0.2) is 47.8 Å². The maximum absolute atomic E-state index is 12.6. The van der Waals surface area contributed by atoms with Crippen LogP contribution in [0.4, 0.5) is 0 Å². The van der Waals surface area contributed by atoms with Gasteiger partial charge in [0.15, 0.2) is 0 Å². The van der Waals surface area contributed by atoms with Gasteiger partial charge in [0.1, 0.15) is 0 Å². The molecule has 126 valence electrons. The van der Waals surface area contributed by atoms with Crippen LogP contribution in [0.5, 0.6) is 0 Å². The van der Waals surface area contributed by atoms with Gasteiger partial charge in [-0.05, 0) is 30.7 Å². The number of carbonyl (C=O) groups is 2. The van der Waals surface area contributed by atoms with E-state index in [0.29, 0.717) is 32.1 Å². The van der Waals surface area contributed by atoms with Crippen molar-refractivity contribution < 1.29 is 9.59 Å². The van der Waals surface area contributed by atoms with Gasteiger partial charge in [-0.3, -0.25) is 9.59 Å². The molecule has 1 saturated heterocycles. The molecule has 0 bridgehead atoms. The predicted molar refractivity (Wildman–Crippen MR) is 92.4 cm³/mol. The van der Waals surface area contributed by atoms with E-state index in [1.807, 2.05) is 9.80 Å². The number of nitrogens with zero attached hydrogens (tertiary/aromatic N) is 2. The van der Waals surface area contributed by atoms with Crippen molar-refractivity contribution in [2.45, 2.75) is 39.0 Å². The van der Waals surface area contributed by atoms with Crippen LogP contribution in [-0.2, 0) is 9.59 Å². The van der Waals surface area contributed by atoms with Crippen molar-refractivity contribution in [2.24, 2.45) is 11.8 Å². The van der Waals surface area contributed by atoms with Crippen molar-refractivity contribution in [3.05, 3.63) is 22.4 Å². The van der Waals surface area contributed by atoms with Crippen molar-refractivity contribution in [1.29, 1.82) is 0 Å². The molecule has 1 saturated carbocycles. The first-order chi connectivity index (χ1) is 11.2. The number of carbonyl (C=O) groups excluding carboxylic acids is 2. The highest BCUT2D eigenvalue weighted by Crippen LogP contribution is 2.50. The van der Waals surface area contributed by atoms with Gasteiger partial charge in [-0.15, -0.1) is 11.3 Å². The third-order valence-corrected chi connectivity index (χ3v) is 6.26. The van der Waals surface area contributed by atoms with E-state index < -0.39 is 0 Å². The minimum absolute atomic E-state index is 0.142. The molecule has 1 aliphatic heterocycles. The first-order valence-corrected chi connectivity index (χ1v) is 9.64. The van der Waals surface area contributed by atoms with Crippen LogP contribution in [0.25, 0.3) is 0 Å². The molecule has 2 unspecified atom stereocenters. The Labute approximate surface area is 142 Å². The lowest BCUT2D eigenvalue weighted by atomic mass is 10.0. The summed E-state index contributed by atoms with van der Waals surface area (Å²) >= 11 is 1.75. The summed E-state index contributed by atoms with van der Waals surface area (Å²) < 4.78 is 0. The normalized spacial score (nSPS) is 24.1. The second-order valence-electron chi connectivity index (χ2n) is 6.63. The zero-order chi connectivity index (χ0) is 16.4. The third-order valence-electron chi connectivity index (χ3n) is 5.25. The molecule has 2 amide bonds. The van der Waals surface area contributed by atoms with Gasteiger partial charge in [-0.1, -0.05) is 19.9 Å². The van der Waals surface area contributed by atoms with Gasteiger partial charge in [0.25, 0.3) is 0 Å². The fourth-order valence-corrected chi connectivity index (χ4v) is 4.47. The number of hydrogen-bond acceptors (Lipinski definition) is 3. The molecule has 5 heteroatoms. The van der Waals surface area contributed by atoms with Crippen molar-refractivity contribution >= 4 is 23.2 Å². The quantitative estimate of drug-likeness (QED) is 0.831. The maximum Gasteiger partial charge on any atom is 0.226 e. The highest BCUT2D eigenvalue weighted by molar-refractivity contribution is 7.10. The van der Waals surface area contributed by atoms with Gasteiger partial charge in [-0.2, -0.15) is 0 Å². The van der Waals surface area contributed by atoms with Crippen molar-refractivity contribution in [1.82, 2.24) is 9.80 Å². The monoisotopic (exact) mass is 334 g/mol. The molecular formula is C18H26N2O2S. The van der Waals surface area contributed by atoms with E-state index in [9.17, 15) is 9.59 Å². The van der Waals surface area contributed by atoms with Gasteiger partial charge in [0.05, 0.1) is 0 Å². The molecule has 2 atom stereocenters. The summed E-state index contributed by atoms with van der Waals surface area (Å²) in [4.78, 5) is 30.3. The van der Waals surface area contributed by atoms with Crippen LogP contribution in [0.2, 0.25) is 0 Å². The van der Waals surface area contributed by atoms with Crippen molar-refractivity contribution in [3.8, 4) is 0 Å². The number of rotatable bonds is 5. The highest BCUT2D eigenvalue weighted by Gasteiger charge is 2.46. The first kappa shape index (κ1) is 16.5. The maximum atomic E-state index is 12.6. The molecule has 1 aromatic heterocycles. The second kappa shape index (κ2) is 7.04. The zero-order valence-electron chi connectivity index (χ0n) is 14.0. The Morgan fingerprint density at radius 2 is 1.83 bits per heavy atom. The van der Waals surface area contributed by atoms with Crippen molar-refractivity contribution in [3.63, 3.8) is 0 Å². The van der Waals surface area contributed by atoms with E-state index in [2.05, 4.69) is 31.4 Å². The topological polar surface area (TPSA) is 40.6 Å². The largest absolute Gasteiger partial charge is 0.339 e. The smallest absolute Gasteiger partial charge is 0.226 e. The molecule has 2 heterocycles. The van der Waals surface area contributed by atoms with Gasteiger partial charge in [0.2, 0.25) is 11.8 Å². The molecule has 0 aromatic carbocycles. The molecule has 1 aromatic rings. The second-order valence-corrected chi connectivity index (χ2v) is 7.61. The Morgan fingerprint density at radius 3 is 2.39 bits per heavy atom. The van der Waals surface area contributed by atoms with Crippen LogP contribution in [0.15, 0.2) is 17.5 Å². The molecule has 1 aliphatic carbocycles. The molecule has 3 rings (SSSR count). The minimum atomic E-state index is 0.142. The Morgan fingerprint density at radius 1 is 1.17 bits per heavy atom. The van der Waals surface area contributed by atoms with E-state index >= 15 is 0 Å². The van der Waals surface area contributed by atoms with Crippen LogP contribution < -0.4 is 0 Å².